The predicted molar refractivity (Wildman–Crippen MR) is 60.6 cm³/mol. The third-order valence-electron chi connectivity index (χ3n) is 2.92. The molecule has 1 aromatic heterocycles. The van der Waals surface area contributed by atoms with Crippen molar-refractivity contribution in [2.75, 3.05) is 45.5 Å². The van der Waals surface area contributed by atoms with Gasteiger partial charge in [-0.25, -0.2) is 4.98 Å². The molecule has 1 aliphatic heterocycles. The normalized spacial score (nSPS) is 19.5. The standard InChI is InChI=1S/C10H19N5/c1-13-2-4-14(5-3-13)6-7-15-8-10(11)12-9-15/h8-9H,2-7,11H2,1H3. The maximum atomic E-state index is 5.55. The molecule has 1 aliphatic rings. The molecule has 0 unspecified atom stereocenters. The Balaban J connectivity index is 1.74. The van der Waals surface area contributed by atoms with Gasteiger partial charge >= 0.3 is 0 Å². The van der Waals surface area contributed by atoms with Gasteiger partial charge in [-0.1, -0.05) is 0 Å². The summed E-state index contributed by atoms with van der Waals surface area (Å²) in [5.74, 6) is 0.605. The number of nitrogens with zero attached hydrogens (tertiary/aromatic N) is 4. The second-order valence-electron chi connectivity index (χ2n) is 4.18. The lowest BCUT2D eigenvalue weighted by Crippen LogP contribution is -2.45. The van der Waals surface area contributed by atoms with E-state index >= 15 is 0 Å². The molecule has 2 rings (SSSR count). The van der Waals surface area contributed by atoms with Gasteiger partial charge in [0.2, 0.25) is 0 Å². The molecule has 0 saturated carbocycles. The highest BCUT2D eigenvalue weighted by Crippen LogP contribution is 2.01. The second-order valence-corrected chi connectivity index (χ2v) is 4.18. The van der Waals surface area contributed by atoms with E-state index in [1.165, 1.54) is 26.2 Å². The first kappa shape index (κ1) is 10.4. The zero-order valence-corrected chi connectivity index (χ0v) is 9.26. The largest absolute Gasteiger partial charge is 0.382 e. The number of imidazole rings is 1. The van der Waals surface area contributed by atoms with Gasteiger partial charge in [-0.15, -0.1) is 0 Å². The zero-order chi connectivity index (χ0) is 10.7. The van der Waals surface area contributed by atoms with Gasteiger partial charge < -0.3 is 15.2 Å². The summed E-state index contributed by atoms with van der Waals surface area (Å²) in [5, 5.41) is 0. The molecule has 1 fully saturated rings. The Morgan fingerprint density at radius 2 is 2.00 bits per heavy atom. The summed E-state index contributed by atoms with van der Waals surface area (Å²) in [6.07, 6.45) is 3.68. The lowest BCUT2D eigenvalue weighted by atomic mass is 10.3. The summed E-state index contributed by atoms with van der Waals surface area (Å²) in [4.78, 5) is 8.86. The van der Waals surface area contributed by atoms with Gasteiger partial charge in [-0.05, 0) is 7.05 Å². The highest BCUT2D eigenvalue weighted by Gasteiger charge is 2.12. The zero-order valence-electron chi connectivity index (χ0n) is 9.26. The third kappa shape index (κ3) is 2.94. The Morgan fingerprint density at radius 1 is 1.27 bits per heavy atom. The van der Waals surface area contributed by atoms with Crippen LogP contribution in [-0.2, 0) is 6.54 Å². The fourth-order valence-corrected chi connectivity index (χ4v) is 1.83. The molecule has 1 aromatic rings. The summed E-state index contributed by atoms with van der Waals surface area (Å²) < 4.78 is 2.05. The van der Waals surface area contributed by atoms with E-state index in [-0.39, 0.29) is 0 Å². The third-order valence-corrected chi connectivity index (χ3v) is 2.92. The van der Waals surface area contributed by atoms with Gasteiger partial charge in [0.25, 0.3) is 0 Å². The minimum absolute atomic E-state index is 0.605. The molecular weight excluding hydrogens is 190 g/mol. The molecule has 0 spiro atoms. The van der Waals surface area contributed by atoms with Gasteiger partial charge in [0.05, 0.1) is 6.33 Å². The fourth-order valence-electron chi connectivity index (χ4n) is 1.83. The van der Waals surface area contributed by atoms with E-state index in [1.807, 2.05) is 10.8 Å². The minimum atomic E-state index is 0.605. The number of anilines is 1. The van der Waals surface area contributed by atoms with E-state index in [2.05, 4.69) is 21.8 Å². The molecule has 0 bridgehead atoms. The summed E-state index contributed by atoms with van der Waals surface area (Å²) >= 11 is 0. The van der Waals surface area contributed by atoms with Gasteiger partial charge in [-0.2, -0.15) is 0 Å². The van der Waals surface area contributed by atoms with Crippen LogP contribution in [0.1, 0.15) is 0 Å². The van der Waals surface area contributed by atoms with Crippen LogP contribution in [0.25, 0.3) is 0 Å². The molecule has 0 radical (unpaired) electrons. The van der Waals surface area contributed by atoms with E-state index < -0.39 is 0 Å². The monoisotopic (exact) mass is 209 g/mol. The minimum Gasteiger partial charge on any atom is -0.382 e. The molecule has 0 atom stereocenters. The molecule has 5 nitrogen and oxygen atoms in total. The Kier molecular flexibility index (Phi) is 3.23. The van der Waals surface area contributed by atoms with Crippen molar-refractivity contribution in [3.8, 4) is 0 Å². The number of hydrogen-bond acceptors (Lipinski definition) is 4. The van der Waals surface area contributed by atoms with Crippen LogP contribution >= 0.6 is 0 Å². The number of nitrogens with two attached hydrogens (primary N) is 1. The van der Waals surface area contributed by atoms with Gasteiger partial charge in [0.1, 0.15) is 5.82 Å². The molecule has 0 amide bonds. The first-order chi connectivity index (χ1) is 7.24. The van der Waals surface area contributed by atoms with Crippen LogP contribution in [0.5, 0.6) is 0 Å². The van der Waals surface area contributed by atoms with Gasteiger partial charge in [-0.3, -0.25) is 4.90 Å². The van der Waals surface area contributed by atoms with E-state index in [0.717, 1.165) is 13.1 Å². The van der Waals surface area contributed by atoms with Crippen molar-refractivity contribution in [2.45, 2.75) is 6.54 Å². The van der Waals surface area contributed by atoms with Crippen molar-refractivity contribution in [3.05, 3.63) is 12.5 Å². The number of rotatable bonds is 3. The number of likely N-dealkylation sites (N-methyl/N-ethyl adjacent to an activating group) is 1. The van der Waals surface area contributed by atoms with Crippen molar-refractivity contribution < 1.29 is 0 Å². The summed E-state index contributed by atoms with van der Waals surface area (Å²) in [6, 6.07) is 0. The van der Waals surface area contributed by atoms with E-state index in [0.29, 0.717) is 5.82 Å². The Morgan fingerprint density at radius 3 is 2.60 bits per heavy atom. The Hall–Kier alpha value is -1.07. The summed E-state index contributed by atoms with van der Waals surface area (Å²) in [6.45, 7) is 6.75. The fraction of sp³-hybridized carbons (Fsp3) is 0.700. The van der Waals surface area contributed by atoms with E-state index in [1.54, 1.807) is 6.33 Å². The molecule has 84 valence electrons. The van der Waals surface area contributed by atoms with Crippen LogP contribution in [0.3, 0.4) is 0 Å². The first-order valence-corrected chi connectivity index (χ1v) is 5.42. The Labute approximate surface area is 90.5 Å². The number of aromatic nitrogens is 2. The highest BCUT2D eigenvalue weighted by atomic mass is 15.3. The molecule has 2 N–H and O–H groups in total. The van der Waals surface area contributed by atoms with Crippen LogP contribution in [0.2, 0.25) is 0 Å². The first-order valence-electron chi connectivity index (χ1n) is 5.42. The molecule has 0 aliphatic carbocycles. The van der Waals surface area contributed by atoms with Crippen molar-refractivity contribution in [3.63, 3.8) is 0 Å². The SMILES string of the molecule is CN1CCN(CCn2cnc(N)c2)CC1. The van der Waals surface area contributed by atoms with Crippen molar-refractivity contribution in [1.29, 1.82) is 0 Å². The molecule has 2 heterocycles. The quantitative estimate of drug-likeness (QED) is 0.743. The predicted octanol–water partition coefficient (Wildman–Crippen LogP) is -0.287. The number of hydrogen-bond donors (Lipinski definition) is 1. The maximum Gasteiger partial charge on any atom is 0.141 e. The van der Waals surface area contributed by atoms with Gasteiger partial charge in [0.15, 0.2) is 0 Å². The molecular formula is C10H19N5. The van der Waals surface area contributed by atoms with Gasteiger partial charge in [0, 0.05) is 45.5 Å². The number of piperazine rings is 1. The molecule has 1 saturated heterocycles. The van der Waals surface area contributed by atoms with Crippen LogP contribution in [-0.4, -0.2) is 59.1 Å². The lowest BCUT2D eigenvalue weighted by molar-refractivity contribution is 0.150. The molecule has 5 heteroatoms. The average molecular weight is 209 g/mol. The maximum absolute atomic E-state index is 5.55. The smallest absolute Gasteiger partial charge is 0.141 e. The molecule has 0 aromatic carbocycles. The van der Waals surface area contributed by atoms with E-state index in [4.69, 9.17) is 5.73 Å². The van der Waals surface area contributed by atoms with E-state index in [9.17, 15) is 0 Å². The summed E-state index contributed by atoms with van der Waals surface area (Å²) in [5.41, 5.74) is 5.55. The van der Waals surface area contributed by atoms with Crippen LogP contribution < -0.4 is 5.73 Å². The van der Waals surface area contributed by atoms with Crippen molar-refractivity contribution in [2.24, 2.45) is 0 Å². The van der Waals surface area contributed by atoms with Crippen molar-refractivity contribution in [1.82, 2.24) is 19.4 Å². The topological polar surface area (TPSA) is 50.3 Å². The Bertz CT molecular complexity index is 301. The summed E-state index contributed by atoms with van der Waals surface area (Å²) in [7, 11) is 2.17. The average Bonchev–Trinajstić information content (AvgIpc) is 2.64. The molecule has 15 heavy (non-hydrogen) atoms. The highest BCUT2D eigenvalue weighted by molar-refractivity contribution is 5.22. The van der Waals surface area contributed by atoms with Crippen LogP contribution in [0, 0.1) is 0 Å². The van der Waals surface area contributed by atoms with Crippen LogP contribution in [0.4, 0.5) is 5.82 Å². The lowest BCUT2D eigenvalue weighted by Gasteiger charge is -2.32. The van der Waals surface area contributed by atoms with Crippen molar-refractivity contribution >= 4 is 5.82 Å². The van der Waals surface area contributed by atoms with Crippen LogP contribution in [0.15, 0.2) is 12.5 Å². The number of nitrogen functional groups attached to an aromatic ring is 1. The second kappa shape index (κ2) is 4.63.